The van der Waals surface area contributed by atoms with Crippen LogP contribution in [0.4, 0.5) is 0 Å². The number of carbonyl (C=O) groups is 1. The minimum atomic E-state index is -1.08. The van der Waals surface area contributed by atoms with Crippen molar-refractivity contribution in [1.29, 1.82) is 5.26 Å². The first-order chi connectivity index (χ1) is 16.2. The molecule has 0 unspecified atom stereocenters. The number of hydrogen-bond acceptors (Lipinski definition) is 4. The lowest BCUT2D eigenvalue weighted by atomic mass is 9.79. The van der Waals surface area contributed by atoms with E-state index in [0.717, 1.165) is 59.0 Å². The summed E-state index contributed by atoms with van der Waals surface area (Å²) in [6.07, 6.45) is 11.0. The Hall–Kier alpha value is -3.75. The van der Waals surface area contributed by atoms with Crippen molar-refractivity contribution < 1.29 is 4.79 Å². The lowest BCUT2D eigenvalue weighted by molar-refractivity contribution is -0.124. The number of allylic oxidation sites excluding steroid dienone is 2. The zero-order chi connectivity index (χ0) is 22.7. The van der Waals surface area contributed by atoms with Gasteiger partial charge in [0.2, 0.25) is 5.91 Å². The van der Waals surface area contributed by atoms with Gasteiger partial charge in [0.25, 0.3) is 0 Å². The van der Waals surface area contributed by atoms with Crippen molar-refractivity contribution in [3.63, 3.8) is 0 Å². The second-order valence-corrected chi connectivity index (χ2v) is 8.68. The van der Waals surface area contributed by atoms with E-state index in [1.807, 2.05) is 48.7 Å². The molecule has 5 heteroatoms. The summed E-state index contributed by atoms with van der Waals surface area (Å²) in [6.45, 7) is 0.838. The van der Waals surface area contributed by atoms with Crippen molar-refractivity contribution in [1.82, 2.24) is 15.6 Å². The average Bonchev–Trinajstić information content (AvgIpc) is 2.89. The molecule has 0 radical (unpaired) electrons. The third kappa shape index (κ3) is 4.06. The molecule has 164 valence electrons. The molecule has 1 fully saturated rings. The van der Waals surface area contributed by atoms with Crippen molar-refractivity contribution in [3.8, 4) is 17.2 Å². The summed E-state index contributed by atoms with van der Waals surface area (Å²) in [4.78, 5) is 17.6. The SMILES string of the molecule is N#C[C@]1(NC(=O)[C@@H]2CCCCN2)CC=CC=C1c1ccc(-c2cccc3cccnc23)cc1. The topological polar surface area (TPSA) is 77.8 Å². The molecule has 1 aromatic heterocycles. The third-order valence-electron chi connectivity index (χ3n) is 6.58. The maximum Gasteiger partial charge on any atom is 0.238 e. The van der Waals surface area contributed by atoms with Crippen LogP contribution in [-0.4, -0.2) is 29.0 Å². The number of nitriles is 1. The summed E-state index contributed by atoms with van der Waals surface area (Å²) < 4.78 is 0. The molecule has 5 nitrogen and oxygen atoms in total. The summed E-state index contributed by atoms with van der Waals surface area (Å²) in [7, 11) is 0. The Morgan fingerprint density at radius 3 is 2.70 bits per heavy atom. The van der Waals surface area contributed by atoms with Crippen LogP contribution in [0.15, 0.2) is 79.0 Å². The molecule has 3 aromatic rings. The van der Waals surface area contributed by atoms with Crippen LogP contribution in [-0.2, 0) is 4.79 Å². The van der Waals surface area contributed by atoms with Crippen LogP contribution >= 0.6 is 0 Å². The van der Waals surface area contributed by atoms with Gasteiger partial charge in [-0.1, -0.05) is 73.2 Å². The van der Waals surface area contributed by atoms with Gasteiger partial charge in [-0.25, -0.2) is 0 Å². The van der Waals surface area contributed by atoms with Crippen LogP contribution in [0.3, 0.4) is 0 Å². The number of rotatable bonds is 4. The van der Waals surface area contributed by atoms with Gasteiger partial charge in [0.1, 0.15) is 0 Å². The molecule has 33 heavy (non-hydrogen) atoms. The molecule has 2 N–H and O–H groups in total. The lowest BCUT2D eigenvalue weighted by Gasteiger charge is -2.34. The van der Waals surface area contributed by atoms with Crippen LogP contribution in [0, 0.1) is 11.3 Å². The summed E-state index contributed by atoms with van der Waals surface area (Å²) >= 11 is 0. The van der Waals surface area contributed by atoms with E-state index in [9.17, 15) is 10.1 Å². The Bertz CT molecular complexity index is 1270. The summed E-state index contributed by atoms with van der Waals surface area (Å²) in [5.41, 5.74) is 3.77. The molecule has 2 heterocycles. The highest BCUT2D eigenvalue weighted by Crippen LogP contribution is 2.35. The number of hydrogen-bond donors (Lipinski definition) is 2. The van der Waals surface area contributed by atoms with Crippen molar-refractivity contribution in [2.75, 3.05) is 6.54 Å². The maximum absolute atomic E-state index is 13.0. The fourth-order valence-electron chi connectivity index (χ4n) is 4.80. The summed E-state index contributed by atoms with van der Waals surface area (Å²) in [5, 5.41) is 17.7. The average molecular weight is 435 g/mol. The molecule has 1 saturated heterocycles. The quantitative estimate of drug-likeness (QED) is 0.620. The highest BCUT2D eigenvalue weighted by molar-refractivity contribution is 5.94. The van der Waals surface area contributed by atoms with E-state index in [1.165, 1.54) is 0 Å². The number of nitrogens with one attached hydrogen (secondary N) is 2. The van der Waals surface area contributed by atoms with E-state index in [0.29, 0.717) is 6.42 Å². The number of amides is 1. The van der Waals surface area contributed by atoms with Gasteiger partial charge in [-0.3, -0.25) is 9.78 Å². The zero-order valence-corrected chi connectivity index (χ0v) is 18.4. The Labute approximate surface area is 193 Å². The second kappa shape index (κ2) is 9.01. The first-order valence-electron chi connectivity index (χ1n) is 11.5. The number of nitrogens with zero attached hydrogens (tertiary/aromatic N) is 2. The Morgan fingerprint density at radius 2 is 1.91 bits per heavy atom. The first kappa shape index (κ1) is 21.1. The summed E-state index contributed by atoms with van der Waals surface area (Å²) in [5.74, 6) is -0.101. The standard InChI is InChI=1S/C28H26N4O/c29-19-28(32-27(33)25-11-2-4-17-30-25)16-3-1-10-24(28)21-14-12-20(13-15-21)23-9-5-7-22-8-6-18-31-26(22)23/h1,3,5-10,12-15,18,25,30H,2,4,11,16-17H2,(H,32,33)/t25-,28+/m0/s1. The van der Waals surface area contributed by atoms with E-state index in [1.54, 1.807) is 0 Å². The maximum atomic E-state index is 13.0. The number of para-hydroxylation sites is 1. The molecule has 1 aliphatic heterocycles. The molecular weight excluding hydrogens is 408 g/mol. The van der Waals surface area contributed by atoms with E-state index in [4.69, 9.17) is 0 Å². The molecule has 2 atom stereocenters. The predicted molar refractivity (Wildman–Crippen MR) is 131 cm³/mol. The van der Waals surface area contributed by atoms with Crippen molar-refractivity contribution in [2.24, 2.45) is 0 Å². The second-order valence-electron chi connectivity index (χ2n) is 8.68. The van der Waals surface area contributed by atoms with Gasteiger partial charge in [0.05, 0.1) is 17.6 Å². The van der Waals surface area contributed by atoms with Gasteiger partial charge in [-0.15, -0.1) is 0 Å². The van der Waals surface area contributed by atoms with Crippen LogP contribution in [0.1, 0.15) is 31.2 Å². The van der Waals surface area contributed by atoms with Gasteiger partial charge < -0.3 is 10.6 Å². The lowest BCUT2D eigenvalue weighted by Crippen LogP contribution is -2.55. The number of benzene rings is 2. The fraction of sp³-hybridized carbons (Fsp3) is 0.250. The van der Waals surface area contributed by atoms with Crippen molar-refractivity contribution in [2.45, 2.75) is 37.3 Å². The molecule has 0 bridgehead atoms. The van der Waals surface area contributed by atoms with Gasteiger partial charge in [-0.05, 0) is 42.2 Å². The van der Waals surface area contributed by atoms with Crippen LogP contribution in [0.5, 0.6) is 0 Å². The largest absolute Gasteiger partial charge is 0.333 e. The Kier molecular flexibility index (Phi) is 5.77. The Balaban J connectivity index is 1.45. The van der Waals surface area contributed by atoms with E-state index in [-0.39, 0.29) is 11.9 Å². The molecule has 0 spiro atoms. The van der Waals surface area contributed by atoms with Gasteiger partial charge in [0, 0.05) is 23.6 Å². The van der Waals surface area contributed by atoms with E-state index < -0.39 is 5.54 Å². The minimum absolute atomic E-state index is 0.101. The molecule has 1 amide bonds. The molecule has 5 rings (SSSR count). The molecular formula is C28H26N4O. The van der Waals surface area contributed by atoms with E-state index in [2.05, 4.69) is 52.0 Å². The molecule has 2 aromatic carbocycles. The molecule has 0 saturated carbocycles. The molecule has 2 aliphatic rings. The van der Waals surface area contributed by atoms with Crippen LogP contribution in [0.2, 0.25) is 0 Å². The van der Waals surface area contributed by atoms with Crippen LogP contribution < -0.4 is 10.6 Å². The Morgan fingerprint density at radius 1 is 1.09 bits per heavy atom. The number of aromatic nitrogens is 1. The number of carbonyl (C=O) groups excluding carboxylic acids is 1. The smallest absolute Gasteiger partial charge is 0.238 e. The monoisotopic (exact) mass is 434 g/mol. The van der Waals surface area contributed by atoms with E-state index >= 15 is 0 Å². The number of fused-ring (bicyclic) bond motifs is 1. The van der Waals surface area contributed by atoms with Gasteiger partial charge in [-0.2, -0.15) is 5.26 Å². The molecule has 1 aliphatic carbocycles. The van der Waals surface area contributed by atoms with Crippen LogP contribution in [0.25, 0.3) is 27.6 Å². The van der Waals surface area contributed by atoms with Crippen molar-refractivity contribution in [3.05, 3.63) is 84.6 Å². The highest BCUT2D eigenvalue weighted by Gasteiger charge is 2.38. The minimum Gasteiger partial charge on any atom is -0.333 e. The normalized spacial score (nSPS) is 22.4. The number of pyridine rings is 1. The van der Waals surface area contributed by atoms with Crippen molar-refractivity contribution >= 4 is 22.4 Å². The zero-order valence-electron chi connectivity index (χ0n) is 18.4. The first-order valence-corrected chi connectivity index (χ1v) is 11.5. The fourth-order valence-corrected chi connectivity index (χ4v) is 4.80. The van der Waals surface area contributed by atoms with Gasteiger partial charge >= 0.3 is 0 Å². The predicted octanol–water partition coefficient (Wildman–Crippen LogP) is 4.77. The van der Waals surface area contributed by atoms with Gasteiger partial charge in [0.15, 0.2) is 5.54 Å². The third-order valence-corrected chi connectivity index (χ3v) is 6.58. The highest BCUT2D eigenvalue weighted by atomic mass is 16.2. The summed E-state index contributed by atoms with van der Waals surface area (Å²) in [6, 6.07) is 20.5. The number of piperidine rings is 1.